The van der Waals surface area contributed by atoms with Gasteiger partial charge in [0.05, 0.1) is 0 Å². The minimum absolute atomic E-state index is 0.0371. The number of likely N-dealkylation sites (tertiary alicyclic amines) is 2. The van der Waals surface area contributed by atoms with E-state index in [1.54, 1.807) is 5.38 Å². The zero-order chi connectivity index (χ0) is 23.2. The zero-order valence-electron chi connectivity index (χ0n) is 17.4. The first-order chi connectivity index (χ1) is 14.5. The summed E-state index contributed by atoms with van der Waals surface area (Å²) >= 11 is 1.20. The number of hydrogen-bond acceptors (Lipinski definition) is 7. The Hall–Kier alpha value is -2.28. The number of likely N-dealkylation sites (N-methyl/N-ethyl adjacent to an activating group) is 1. The summed E-state index contributed by atoms with van der Waals surface area (Å²) in [6, 6.07) is 0. The van der Waals surface area contributed by atoms with Crippen LogP contribution >= 0.6 is 11.5 Å². The predicted octanol–water partition coefficient (Wildman–Crippen LogP) is 1.72. The molecule has 3 heterocycles. The normalized spacial score (nSPS) is 21.8. The van der Waals surface area contributed by atoms with Crippen molar-refractivity contribution in [3.63, 3.8) is 0 Å². The minimum atomic E-state index is -5.08. The Labute approximate surface area is 182 Å². The van der Waals surface area contributed by atoms with Crippen LogP contribution in [0.2, 0.25) is 0 Å². The van der Waals surface area contributed by atoms with Crippen molar-refractivity contribution in [2.45, 2.75) is 43.8 Å². The molecule has 1 aromatic heterocycles. The molecule has 2 fully saturated rings. The summed E-state index contributed by atoms with van der Waals surface area (Å²) in [6.45, 7) is 3.06. The molecule has 0 bridgehead atoms. The fourth-order valence-electron chi connectivity index (χ4n) is 3.86. The van der Waals surface area contributed by atoms with Gasteiger partial charge in [-0.1, -0.05) is 4.49 Å². The smallest absolute Gasteiger partial charge is 0.475 e. The first kappa shape index (κ1) is 25.0. The van der Waals surface area contributed by atoms with Gasteiger partial charge in [-0.25, -0.2) is 4.79 Å². The van der Waals surface area contributed by atoms with E-state index in [0.29, 0.717) is 18.7 Å². The van der Waals surface area contributed by atoms with Crippen molar-refractivity contribution >= 4 is 29.3 Å². The third-order valence-corrected chi connectivity index (χ3v) is 5.98. The molecule has 1 unspecified atom stereocenters. The predicted molar refractivity (Wildman–Crippen MR) is 106 cm³/mol. The van der Waals surface area contributed by atoms with E-state index >= 15 is 0 Å². The number of amides is 2. The van der Waals surface area contributed by atoms with Crippen LogP contribution in [-0.2, 0) is 9.59 Å². The molecule has 1 atom stereocenters. The maximum Gasteiger partial charge on any atom is 0.490 e. The van der Waals surface area contributed by atoms with Gasteiger partial charge in [0.1, 0.15) is 0 Å². The number of carboxylic acid groups (broad SMARTS) is 1. The van der Waals surface area contributed by atoms with Gasteiger partial charge in [-0.2, -0.15) is 13.2 Å². The molecule has 2 amide bonds. The fourth-order valence-corrected chi connectivity index (χ4v) is 4.29. The van der Waals surface area contributed by atoms with Crippen LogP contribution in [-0.4, -0.2) is 99.2 Å². The first-order valence-corrected chi connectivity index (χ1v) is 10.6. The molecule has 2 saturated heterocycles. The standard InChI is InChI=1S/C16H25N5O2S.C2HF3O2/c1-19(2)10-11-21-14(22)4-6-16(21)5-3-8-20(9-7-16)15(23)13-12-24-18-17-13;3-2(4,5)1(6)7/h12H,3-11H2,1-2H3;(H,6,7). The molecule has 3 rings (SSSR count). The highest BCUT2D eigenvalue weighted by Crippen LogP contribution is 2.39. The summed E-state index contributed by atoms with van der Waals surface area (Å²) in [5, 5.41) is 12.7. The number of carbonyl (C=O) groups is 3. The second kappa shape index (κ2) is 10.4. The van der Waals surface area contributed by atoms with E-state index in [1.165, 1.54) is 11.5 Å². The number of rotatable bonds is 4. The molecule has 2 aliphatic heterocycles. The van der Waals surface area contributed by atoms with Crippen molar-refractivity contribution in [1.29, 1.82) is 0 Å². The van der Waals surface area contributed by atoms with Crippen LogP contribution in [0, 0.1) is 0 Å². The summed E-state index contributed by atoms with van der Waals surface area (Å²) in [5.41, 5.74) is 0.366. The summed E-state index contributed by atoms with van der Waals surface area (Å²) in [5.74, 6) is -2.53. The van der Waals surface area contributed by atoms with E-state index < -0.39 is 12.1 Å². The molecule has 0 aromatic carbocycles. The number of nitrogens with zero attached hydrogens (tertiary/aromatic N) is 5. The highest BCUT2D eigenvalue weighted by atomic mass is 32.1. The Balaban J connectivity index is 0.000000423. The highest BCUT2D eigenvalue weighted by Gasteiger charge is 2.45. The van der Waals surface area contributed by atoms with Gasteiger partial charge in [0.25, 0.3) is 5.91 Å². The van der Waals surface area contributed by atoms with Crippen molar-refractivity contribution < 1.29 is 32.7 Å². The first-order valence-electron chi connectivity index (χ1n) is 9.78. The average Bonchev–Trinajstić information content (AvgIpc) is 3.25. The molecule has 0 aliphatic carbocycles. The van der Waals surface area contributed by atoms with Crippen molar-refractivity contribution in [3.8, 4) is 0 Å². The van der Waals surface area contributed by atoms with E-state index in [9.17, 15) is 22.8 Å². The number of alkyl halides is 3. The van der Waals surface area contributed by atoms with E-state index in [-0.39, 0.29) is 17.4 Å². The van der Waals surface area contributed by atoms with Gasteiger partial charge < -0.3 is 19.8 Å². The van der Waals surface area contributed by atoms with Crippen molar-refractivity contribution in [3.05, 3.63) is 11.1 Å². The molecule has 0 saturated carbocycles. The lowest BCUT2D eigenvalue weighted by molar-refractivity contribution is -0.192. The van der Waals surface area contributed by atoms with Crippen molar-refractivity contribution in [1.82, 2.24) is 24.3 Å². The van der Waals surface area contributed by atoms with Gasteiger partial charge in [-0.3, -0.25) is 9.59 Å². The maximum absolute atomic E-state index is 12.5. The molecule has 174 valence electrons. The van der Waals surface area contributed by atoms with Gasteiger partial charge in [-0.15, -0.1) is 5.10 Å². The lowest BCUT2D eigenvalue weighted by Gasteiger charge is -2.38. The molecule has 9 nitrogen and oxygen atoms in total. The van der Waals surface area contributed by atoms with Crippen LogP contribution in [0.15, 0.2) is 5.38 Å². The van der Waals surface area contributed by atoms with E-state index in [2.05, 4.69) is 19.4 Å². The largest absolute Gasteiger partial charge is 0.490 e. The van der Waals surface area contributed by atoms with Crippen LogP contribution in [0.4, 0.5) is 13.2 Å². The Kier molecular flexibility index (Phi) is 8.34. The van der Waals surface area contributed by atoms with E-state index in [0.717, 1.165) is 45.3 Å². The van der Waals surface area contributed by atoms with Gasteiger partial charge in [0.2, 0.25) is 5.91 Å². The summed E-state index contributed by atoms with van der Waals surface area (Å²) in [6.07, 6.45) is -0.771. The van der Waals surface area contributed by atoms with Crippen LogP contribution in [0.5, 0.6) is 0 Å². The quantitative estimate of drug-likeness (QED) is 0.722. The summed E-state index contributed by atoms with van der Waals surface area (Å²) in [7, 11) is 4.06. The Morgan fingerprint density at radius 1 is 1.26 bits per heavy atom. The molecule has 2 aliphatic rings. The van der Waals surface area contributed by atoms with Crippen molar-refractivity contribution in [2.75, 3.05) is 40.3 Å². The van der Waals surface area contributed by atoms with Gasteiger partial charge in [-0.05, 0) is 51.3 Å². The van der Waals surface area contributed by atoms with Crippen molar-refractivity contribution in [2.24, 2.45) is 0 Å². The average molecular weight is 465 g/mol. The van der Waals surface area contributed by atoms with E-state index in [1.807, 2.05) is 19.0 Å². The van der Waals surface area contributed by atoms with Crippen LogP contribution < -0.4 is 0 Å². The number of hydrogen-bond donors (Lipinski definition) is 1. The summed E-state index contributed by atoms with van der Waals surface area (Å²) < 4.78 is 35.5. The third kappa shape index (κ3) is 6.60. The third-order valence-electron chi connectivity index (χ3n) is 5.47. The number of aromatic nitrogens is 2. The van der Waals surface area contributed by atoms with Gasteiger partial charge in [0.15, 0.2) is 5.69 Å². The fraction of sp³-hybridized carbons (Fsp3) is 0.722. The van der Waals surface area contributed by atoms with Gasteiger partial charge >= 0.3 is 12.1 Å². The maximum atomic E-state index is 12.5. The SMILES string of the molecule is CN(C)CCN1C(=O)CCC12CCCN(C(=O)c1csnn1)CC2.O=C(O)C(F)(F)F. The molecule has 1 aromatic rings. The van der Waals surface area contributed by atoms with Crippen LogP contribution in [0.25, 0.3) is 0 Å². The monoisotopic (exact) mass is 465 g/mol. The zero-order valence-corrected chi connectivity index (χ0v) is 18.2. The number of aliphatic carboxylic acids is 1. The molecule has 0 radical (unpaired) electrons. The highest BCUT2D eigenvalue weighted by molar-refractivity contribution is 7.03. The molecular formula is C18H26F3N5O4S. The number of halogens is 3. The minimum Gasteiger partial charge on any atom is -0.475 e. The lowest BCUT2D eigenvalue weighted by atomic mass is 9.87. The number of carbonyl (C=O) groups excluding carboxylic acids is 2. The van der Waals surface area contributed by atoms with E-state index in [4.69, 9.17) is 9.90 Å². The Bertz CT molecular complexity index is 775. The second-order valence-electron chi connectivity index (χ2n) is 7.81. The Morgan fingerprint density at radius 2 is 1.94 bits per heavy atom. The molecule has 1 spiro atoms. The molecule has 13 heteroatoms. The summed E-state index contributed by atoms with van der Waals surface area (Å²) in [4.78, 5) is 39.9. The molecule has 31 heavy (non-hydrogen) atoms. The topological polar surface area (TPSA) is 107 Å². The lowest BCUT2D eigenvalue weighted by Crippen LogP contribution is -2.49. The van der Waals surface area contributed by atoms with Crippen LogP contribution in [0.3, 0.4) is 0 Å². The van der Waals surface area contributed by atoms with Crippen LogP contribution in [0.1, 0.15) is 42.6 Å². The molecular weight excluding hydrogens is 439 g/mol. The number of carboxylic acids is 1. The van der Waals surface area contributed by atoms with Gasteiger partial charge in [0, 0.05) is 43.5 Å². The second-order valence-corrected chi connectivity index (χ2v) is 8.42. The molecule has 1 N–H and O–H groups in total. The Morgan fingerprint density at radius 3 is 2.48 bits per heavy atom.